The summed E-state index contributed by atoms with van der Waals surface area (Å²) in [5.41, 5.74) is 8.06. The van der Waals surface area contributed by atoms with E-state index in [0.717, 1.165) is 17.1 Å². The molecule has 0 radical (unpaired) electrons. The third-order valence-corrected chi connectivity index (χ3v) is 4.51. The molecule has 0 bridgehead atoms. The second-order valence-electron chi connectivity index (χ2n) is 6.12. The normalized spacial score (nSPS) is 16.4. The van der Waals surface area contributed by atoms with Crippen molar-refractivity contribution in [3.05, 3.63) is 54.6 Å². The van der Waals surface area contributed by atoms with Crippen LogP contribution in [0.25, 0.3) is 0 Å². The van der Waals surface area contributed by atoms with Crippen LogP contribution in [0.1, 0.15) is 12.8 Å². The number of para-hydroxylation sites is 1. The molecule has 1 saturated heterocycles. The number of rotatable bonds is 5. The van der Waals surface area contributed by atoms with Crippen molar-refractivity contribution in [1.29, 1.82) is 0 Å². The van der Waals surface area contributed by atoms with E-state index in [4.69, 9.17) is 10.5 Å². The minimum atomic E-state index is -0.527. The molecule has 0 unspecified atom stereocenters. The number of ether oxygens (including phenoxy) is 1. The molecule has 1 amide bonds. The van der Waals surface area contributed by atoms with Crippen LogP contribution in [-0.2, 0) is 9.53 Å². The van der Waals surface area contributed by atoms with Crippen molar-refractivity contribution in [2.45, 2.75) is 12.8 Å². The molecule has 0 aliphatic carbocycles. The van der Waals surface area contributed by atoms with Gasteiger partial charge in [0.15, 0.2) is 0 Å². The average Bonchev–Trinajstić information content (AvgIpc) is 2.63. The molecule has 1 aliphatic heterocycles. The molecule has 2 aromatic rings. The van der Waals surface area contributed by atoms with Crippen LogP contribution < -0.4 is 16.4 Å². The molecule has 1 fully saturated rings. The van der Waals surface area contributed by atoms with Gasteiger partial charge in [0, 0.05) is 36.8 Å². The summed E-state index contributed by atoms with van der Waals surface area (Å²) in [7, 11) is 0. The number of nitrogens with two attached hydrogens (primary N) is 1. The van der Waals surface area contributed by atoms with E-state index in [9.17, 15) is 4.79 Å². The Morgan fingerprint density at radius 2 is 1.67 bits per heavy atom. The molecule has 5 nitrogen and oxygen atoms in total. The van der Waals surface area contributed by atoms with Gasteiger partial charge in [0.25, 0.3) is 0 Å². The standard InChI is InChI=1S/C19H23N3O2/c20-14-19(9-11-24-12-10-19)18(23)22-17-8-4-7-16(13-17)21-15-5-2-1-3-6-15/h1-8,13,21H,9-12,14,20H2,(H,22,23). The minimum Gasteiger partial charge on any atom is -0.381 e. The topological polar surface area (TPSA) is 76.4 Å². The van der Waals surface area contributed by atoms with Gasteiger partial charge in [0.1, 0.15) is 0 Å². The highest BCUT2D eigenvalue weighted by atomic mass is 16.5. The number of amides is 1. The van der Waals surface area contributed by atoms with Gasteiger partial charge in [0.05, 0.1) is 5.41 Å². The summed E-state index contributed by atoms with van der Waals surface area (Å²) in [5.74, 6) is -0.0230. The van der Waals surface area contributed by atoms with Gasteiger partial charge >= 0.3 is 0 Å². The third-order valence-electron chi connectivity index (χ3n) is 4.51. The van der Waals surface area contributed by atoms with E-state index in [-0.39, 0.29) is 5.91 Å². The molecule has 0 spiro atoms. The Kier molecular flexibility index (Phi) is 5.13. The first-order valence-corrected chi connectivity index (χ1v) is 8.23. The monoisotopic (exact) mass is 325 g/mol. The van der Waals surface area contributed by atoms with Crippen molar-refractivity contribution in [3.8, 4) is 0 Å². The Balaban J connectivity index is 1.71. The molecule has 24 heavy (non-hydrogen) atoms. The summed E-state index contributed by atoms with van der Waals surface area (Å²) in [6.45, 7) is 1.50. The number of hydrogen-bond acceptors (Lipinski definition) is 4. The van der Waals surface area contributed by atoms with Crippen molar-refractivity contribution in [3.63, 3.8) is 0 Å². The average molecular weight is 325 g/mol. The van der Waals surface area contributed by atoms with Crippen LogP contribution in [0.5, 0.6) is 0 Å². The van der Waals surface area contributed by atoms with Crippen molar-refractivity contribution in [2.75, 3.05) is 30.4 Å². The number of carbonyl (C=O) groups excluding carboxylic acids is 1. The molecule has 4 N–H and O–H groups in total. The lowest BCUT2D eigenvalue weighted by atomic mass is 9.79. The Morgan fingerprint density at radius 3 is 2.38 bits per heavy atom. The number of hydrogen-bond donors (Lipinski definition) is 3. The van der Waals surface area contributed by atoms with E-state index >= 15 is 0 Å². The van der Waals surface area contributed by atoms with Crippen LogP contribution in [-0.4, -0.2) is 25.7 Å². The van der Waals surface area contributed by atoms with E-state index in [1.807, 2.05) is 54.6 Å². The van der Waals surface area contributed by atoms with Crippen LogP contribution in [0.3, 0.4) is 0 Å². The van der Waals surface area contributed by atoms with Crippen molar-refractivity contribution >= 4 is 23.0 Å². The summed E-state index contributed by atoms with van der Waals surface area (Å²) in [6, 6.07) is 17.6. The van der Waals surface area contributed by atoms with E-state index in [1.54, 1.807) is 0 Å². The Hall–Kier alpha value is -2.37. The smallest absolute Gasteiger partial charge is 0.232 e. The molecule has 0 saturated carbocycles. The second kappa shape index (κ2) is 7.47. The molecule has 0 aromatic heterocycles. The molecule has 126 valence electrons. The van der Waals surface area contributed by atoms with Crippen molar-refractivity contribution < 1.29 is 9.53 Å². The van der Waals surface area contributed by atoms with Crippen molar-refractivity contribution in [1.82, 2.24) is 0 Å². The predicted octanol–water partition coefficient (Wildman–Crippen LogP) is 3.12. The predicted molar refractivity (Wildman–Crippen MR) is 96.3 cm³/mol. The number of benzene rings is 2. The highest BCUT2D eigenvalue weighted by Crippen LogP contribution is 2.31. The van der Waals surface area contributed by atoms with Crippen LogP contribution >= 0.6 is 0 Å². The maximum atomic E-state index is 12.7. The molecule has 3 rings (SSSR count). The Bertz CT molecular complexity index is 682. The zero-order valence-electron chi connectivity index (χ0n) is 13.6. The Morgan fingerprint density at radius 1 is 1.00 bits per heavy atom. The fourth-order valence-electron chi connectivity index (χ4n) is 2.91. The quantitative estimate of drug-likeness (QED) is 0.789. The van der Waals surface area contributed by atoms with Gasteiger partial charge in [-0.3, -0.25) is 4.79 Å². The lowest BCUT2D eigenvalue weighted by molar-refractivity contribution is -0.130. The summed E-state index contributed by atoms with van der Waals surface area (Å²) >= 11 is 0. The first-order valence-electron chi connectivity index (χ1n) is 8.23. The molecule has 0 atom stereocenters. The molecule has 1 heterocycles. The summed E-state index contributed by atoms with van der Waals surface area (Å²) in [4.78, 5) is 12.7. The van der Waals surface area contributed by atoms with Gasteiger partial charge in [-0.05, 0) is 43.2 Å². The number of nitrogens with one attached hydrogen (secondary N) is 2. The molecule has 1 aliphatic rings. The summed E-state index contributed by atoms with van der Waals surface area (Å²) in [5, 5.41) is 6.34. The Labute approximate surface area is 142 Å². The molecular formula is C19H23N3O2. The van der Waals surface area contributed by atoms with Gasteiger partial charge in [0.2, 0.25) is 5.91 Å². The molecule has 5 heteroatoms. The van der Waals surface area contributed by atoms with Crippen LogP contribution in [0, 0.1) is 5.41 Å². The lowest BCUT2D eigenvalue weighted by Gasteiger charge is -2.34. The fraction of sp³-hybridized carbons (Fsp3) is 0.316. The number of carbonyl (C=O) groups is 1. The van der Waals surface area contributed by atoms with Crippen molar-refractivity contribution in [2.24, 2.45) is 11.1 Å². The first kappa shape index (κ1) is 16.5. The fourth-order valence-corrected chi connectivity index (χ4v) is 2.91. The lowest BCUT2D eigenvalue weighted by Crippen LogP contribution is -2.46. The van der Waals surface area contributed by atoms with Gasteiger partial charge in [-0.25, -0.2) is 0 Å². The van der Waals surface area contributed by atoms with E-state index in [2.05, 4.69) is 10.6 Å². The van der Waals surface area contributed by atoms with E-state index < -0.39 is 5.41 Å². The van der Waals surface area contributed by atoms with Gasteiger partial charge in [-0.2, -0.15) is 0 Å². The first-order chi connectivity index (χ1) is 11.7. The maximum Gasteiger partial charge on any atom is 0.232 e. The molecule has 2 aromatic carbocycles. The zero-order chi connectivity index (χ0) is 16.8. The highest BCUT2D eigenvalue weighted by molar-refractivity contribution is 5.96. The van der Waals surface area contributed by atoms with Crippen LogP contribution in [0.4, 0.5) is 17.1 Å². The highest BCUT2D eigenvalue weighted by Gasteiger charge is 2.38. The number of anilines is 3. The van der Waals surface area contributed by atoms with Gasteiger partial charge in [-0.1, -0.05) is 24.3 Å². The minimum absolute atomic E-state index is 0.0230. The molecular weight excluding hydrogens is 302 g/mol. The maximum absolute atomic E-state index is 12.7. The van der Waals surface area contributed by atoms with E-state index in [1.165, 1.54) is 0 Å². The largest absolute Gasteiger partial charge is 0.381 e. The van der Waals surface area contributed by atoms with Crippen LogP contribution in [0.2, 0.25) is 0 Å². The summed E-state index contributed by atoms with van der Waals surface area (Å²) in [6.07, 6.45) is 1.33. The SMILES string of the molecule is NCC1(C(=O)Nc2cccc(Nc3ccccc3)c2)CCOCC1. The zero-order valence-corrected chi connectivity index (χ0v) is 13.6. The summed E-state index contributed by atoms with van der Waals surface area (Å²) < 4.78 is 5.37. The van der Waals surface area contributed by atoms with Gasteiger partial charge in [-0.15, -0.1) is 0 Å². The second-order valence-corrected chi connectivity index (χ2v) is 6.12. The third kappa shape index (κ3) is 3.75. The van der Waals surface area contributed by atoms with E-state index in [0.29, 0.717) is 32.6 Å². The van der Waals surface area contributed by atoms with Gasteiger partial charge < -0.3 is 21.1 Å². The van der Waals surface area contributed by atoms with Crippen LogP contribution in [0.15, 0.2) is 54.6 Å².